The summed E-state index contributed by atoms with van der Waals surface area (Å²) in [5.41, 5.74) is -3.40. The lowest BCUT2D eigenvalue weighted by Gasteiger charge is -2.44. The van der Waals surface area contributed by atoms with E-state index in [2.05, 4.69) is 5.10 Å². The number of carbonyl (C=O) groups excluding carboxylic acids is 8. The summed E-state index contributed by atoms with van der Waals surface area (Å²) in [6, 6.07) is 8.18. The van der Waals surface area contributed by atoms with Crippen LogP contribution in [0.1, 0.15) is 55.4 Å². The molecular weight excluding hydrogens is 853 g/mol. The molecule has 2 aromatic rings. The molecule has 21 nitrogen and oxygen atoms in total. The molecule has 0 bridgehead atoms. The third-order valence-electron chi connectivity index (χ3n) is 8.28. The minimum absolute atomic E-state index is 0.00376. The molecule has 0 radical (unpaired) electrons. The number of hydrogen-bond acceptors (Lipinski definition) is 22. The van der Waals surface area contributed by atoms with Crippen molar-refractivity contribution in [2.75, 3.05) is 13.2 Å². The first-order valence-corrected chi connectivity index (χ1v) is 20.1. The number of para-hydroxylation sites is 1. The molecule has 0 N–H and O–H groups in total. The normalized spacial score (nSPS) is 25.8. The van der Waals surface area contributed by atoms with E-state index >= 15 is 0 Å². The zero-order valence-electron chi connectivity index (χ0n) is 34.1. The van der Waals surface area contributed by atoms with Gasteiger partial charge in [-0.1, -0.05) is 41.7 Å². The van der Waals surface area contributed by atoms with Crippen molar-refractivity contribution in [2.45, 2.75) is 125 Å². The largest absolute Gasteiger partial charge is 0.463 e. The first-order valence-electron chi connectivity index (χ1n) is 18.4. The number of esters is 8. The lowest BCUT2D eigenvalue weighted by Crippen LogP contribution is -2.61. The van der Waals surface area contributed by atoms with Gasteiger partial charge in [-0.25, -0.2) is 0 Å². The van der Waals surface area contributed by atoms with Gasteiger partial charge in [-0.15, -0.1) is 0 Å². The SMILES string of the molecule is CC(=O)OC[C@H]1O[C@@H](Sc2cnn(-c3ccccc3)c(=O)c2S[C@@H]2O[C@H](COC(C)=O)[C@@H](OC(C)=O)[C@H](OC(C)=O)[C@H]2OC(C)=O)[C@H](OC(C)=O)[C@@H](OC(C)=O)[C@@H]1OC(C)=O. The molecule has 0 saturated carbocycles. The summed E-state index contributed by atoms with van der Waals surface area (Å²) in [7, 11) is 0. The number of carbonyl (C=O) groups is 8. The maximum absolute atomic E-state index is 14.7. The van der Waals surface area contributed by atoms with Crippen molar-refractivity contribution in [3.05, 3.63) is 46.9 Å². The molecule has 0 amide bonds. The molecule has 3 heterocycles. The molecule has 0 aliphatic carbocycles. The highest BCUT2D eigenvalue weighted by Gasteiger charge is 2.55. The minimum atomic E-state index is -1.59. The number of thioether (sulfide) groups is 2. The molecule has 0 spiro atoms. The smallest absolute Gasteiger partial charge is 0.303 e. The average molecular weight is 897 g/mol. The lowest BCUT2D eigenvalue weighted by molar-refractivity contribution is -0.237. The average Bonchev–Trinajstić information content (AvgIpc) is 3.15. The van der Waals surface area contributed by atoms with E-state index in [1.54, 1.807) is 30.3 Å². The Morgan fingerprint density at radius 2 is 0.918 bits per heavy atom. The molecule has 10 atom stereocenters. The number of rotatable bonds is 15. The van der Waals surface area contributed by atoms with Crippen molar-refractivity contribution in [3.8, 4) is 5.69 Å². The van der Waals surface area contributed by atoms with E-state index in [4.69, 9.17) is 47.4 Å². The van der Waals surface area contributed by atoms with Crippen LogP contribution >= 0.6 is 23.5 Å². The summed E-state index contributed by atoms with van der Waals surface area (Å²) in [5, 5.41) is 4.36. The van der Waals surface area contributed by atoms with E-state index < -0.39 is 126 Å². The van der Waals surface area contributed by atoms with Gasteiger partial charge in [-0.2, -0.15) is 9.78 Å². The molecule has 2 saturated heterocycles. The predicted octanol–water partition coefficient (Wildman–Crippen LogP) is 1.58. The Morgan fingerprint density at radius 1 is 0.541 bits per heavy atom. The Balaban J connectivity index is 1.93. The Kier molecular flexibility index (Phi) is 17.2. The fourth-order valence-corrected chi connectivity index (χ4v) is 8.69. The van der Waals surface area contributed by atoms with E-state index in [9.17, 15) is 43.2 Å². The zero-order valence-corrected chi connectivity index (χ0v) is 35.8. The fourth-order valence-electron chi connectivity index (χ4n) is 6.18. The molecule has 61 heavy (non-hydrogen) atoms. The predicted molar refractivity (Wildman–Crippen MR) is 205 cm³/mol. The highest BCUT2D eigenvalue weighted by Crippen LogP contribution is 2.43. The number of nitrogens with zero attached hydrogens (tertiary/aromatic N) is 2. The molecule has 1 aromatic heterocycles. The highest BCUT2D eigenvalue weighted by atomic mass is 32.2. The molecular formula is C38H44N2O19S2. The van der Waals surface area contributed by atoms with Crippen LogP contribution in [-0.4, -0.2) is 130 Å². The van der Waals surface area contributed by atoms with Crippen LogP contribution in [0.3, 0.4) is 0 Å². The summed E-state index contributed by atoms with van der Waals surface area (Å²) in [5.74, 6) is -6.70. The highest BCUT2D eigenvalue weighted by molar-refractivity contribution is 8.02. The first kappa shape index (κ1) is 48.1. The number of ether oxygens (including phenoxy) is 10. The second kappa shape index (κ2) is 21.8. The van der Waals surface area contributed by atoms with Gasteiger partial charge < -0.3 is 47.4 Å². The first-order chi connectivity index (χ1) is 28.7. The molecule has 1 aromatic carbocycles. The van der Waals surface area contributed by atoms with Crippen LogP contribution in [0.15, 0.2) is 51.1 Å². The Bertz CT molecular complexity index is 2030. The monoisotopic (exact) mass is 896 g/mol. The quantitative estimate of drug-likeness (QED) is 0.181. The lowest BCUT2D eigenvalue weighted by atomic mass is 9.99. The van der Waals surface area contributed by atoms with Gasteiger partial charge in [0, 0.05) is 60.3 Å². The summed E-state index contributed by atoms with van der Waals surface area (Å²) in [6.45, 7) is 7.51. The summed E-state index contributed by atoms with van der Waals surface area (Å²) in [6.07, 6.45) is -10.7. The van der Waals surface area contributed by atoms with Gasteiger partial charge in [0.1, 0.15) is 36.3 Å². The molecule has 2 aliphatic rings. The van der Waals surface area contributed by atoms with E-state index in [1.165, 1.54) is 6.20 Å². The maximum atomic E-state index is 14.7. The molecule has 23 heteroatoms. The molecule has 0 unspecified atom stereocenters. The van der Waals surface area contributed by atoms with Gasteiger partial charge in [0.25, 0.3) is 5.56 Å². The van der Waals surface area contributed by atoms with Crippen molar-refractivity contribution in [1.82, 2.24) is 9.78 Å². The van der Waals surface area contributed by atoms with Crippen LogP contribution in [0.4, 0.5) is 0 Å². The zero-order chi connectivity index (χ0) is 45.1. The number of hydrogen-bond donors (Lipinski definition) is 0. The van der Waals surface area contributed by atoms with E-state index in [1.807, 2.05) is 0 Å². The van der Waals surface area contributed by atoms with Crippen molar-refractivity contribution in [1.29, 1.82) is 0 Å². The van der Waals surface area contributed by atoms with Gasteiger partial charge in [0.05, 0.1) is 16.8 Å². The van der Waals surface area contributed by atoms with Crippen molar-refractivity contribution < 1.29 is 85.7 Å². The molecule has 2 fully saturated rings. The minimum Gasteiger partial charge on any atom is -0.463 e. The summed E-state index contributed by atoms with van der Waals surface area (Å²) < 4.78 is 57.3. The van der Waals surface area contributed by atoms with Crippen LogP contribution in [-0.2, 0) is 85.7 Å². The van der Waals surface area contributed by atoms with Crippen LogP contribution in [0.5, 0.6) is 0 Å². The number of benzene rings is 1. The van der Waals surface area contributed by atoms with Gasteiger partial charge in [-0.3, -0.25) is 43.2 Å². The van der Waals surface area contributed by atoms with E-state index in [-0.39, 0.29) is 9.79 Å². The number of aromatic nitrogens is 2. The van der Waals surface area contributed by atoms with Crippen molar-refractivity contribution in [3.63, 3.8) is 0 Å². The van der Waals surface area contributed by atoms with Crippen molar-refractivity contribution >= 4 is 71.3 Å². The van der Waals surface area contributed by atoms with Gasteiger partial charge in [-0.05, 0) is 12.1 Å². The third kappa shape index (κ3) is 13.5. The third-order valence-corrected chi connectivity index (χ3v) is 10.8. The Morgan fingerprint density at radius 3 is 1.31 bits per heavy atom. The second-order valence-corrected chi connectivity index (χ2v) is 15.5. The van der Waals surface area contributed by atoms with Gasteiger partial charge in [0.15, 0.2) is 36.6 Å². The second-order valence-electron chi connectivity index (χ2n) is 13.3. The standard InChI is InChI=1S/C38H44N2O19S2/c1-17(41)50-15-26-29(52-19(3)43)31(54-21(5)45)33(56-23(7)47)37(58-26)60-28-14-39-40(25-12-10-9-11-13-25)36(49)35(28)61-38-34(57-24(8)48)32(55-22(6)46)30(53-20(4)44)27(59-38)16-51-18(2)42/h9-14,26-27,29-34,37-38H,15-16H2,1-8H3/t26-,27-,29-,30-,31+,32+,33-,34-,37+,38+/m1/s1. The van der Waals surface area contributed by atoms with Gasteiger partial charge >= 0.3 is 47.8 Å². The Labute approximate surface area is 356 Å². The van der Waals surface area contributed by atoms with Crippen LogP contribution in [0, 0.1) is 0 Å². The van der Waals surface area contributed by atoms with Crippen LogP contribution in [0.25, 0.3) is 5.69 Å². The molecule has 2 aliphatic heterocycles. The maximum Gasteiger partial charge on any atom is 0.303 e. The van der Waals surface area contributed by atoms with Crippen LogP contribution < -0.4 is 5.56 Å². The van der Waals surface area contributed by atoms with E-state index in [0.29, 0.717) is 17.4 Å². The molecule has 332 valence electrons. The Hall–Kier alpha value is -5.52. The van der Waals surface area contributed by atoms with Crippen LogP contribution in [0.2, 0.25) is 0 Å². The van der Waals surface area contributed by atoms with E-state index in [0.717, 1.165) is 71.8 Å². The summed E-state index contributed by atoms with van der Waals surface area (Å²) in [4.78, 5) is 113. The molecule has 4 rings (SSSR count). The van der Waals surface area contributed by atoms with Crippen molar-refractivity contribution in [2.24, 2.45) is 0 Å². The fraction of sp³-hybridized carbons (Fsp3) is 0.526. The topological polar surface area (TPSA) is 264 Å². The van der Waals surface area contributed by atoms with Gasteiger partial charge in [0.2, 0.25) is 0 Å². The summed E-state index contributed by atoms with van der Waals surface area (Å²) >= 11 is 1.38.